The van der Waals surface area contributed by atoms with Gasteiger partial charge < -0.3 is 24.6 Å². The van der Waals surface area contributed by atoms with Gasteiger partial charge >= 0.3 is 0 Å². The van der Waals surface area contributed by atoms with E-state index in [9.17, 15) is 4.79 Å². The van der Waals surface area contributed by atoms with Gasteiger partial charge in [0.05, 0.1) is 13.2 Å². The molecule has 1 unspecified atom stereocenters. The van der Waals surface area contributed by atoms with Crippen molar-refractivity contribution < 1.29 is 14.3 Å². The average Bonchev–Trinajstić information content (AvgIpc) is 3.20. The zero-order valence-corrected chi connectivity index (χ0v) is 17.9. The number of nitrogens with zero attached hydrogens (tertiary/aromatic N) is 3. The van der Waals surface area contributed by atoms with Crippen molar-refractivity contribution in [2.75, 3.05) is 59.6 Å². The first-order chi connectivity index (χ1) is 12.3. The molecule has 0 radical (unpaired) electrons. The summed E-state index contributed by atoms with van der Waals surface area (Å²) in [6.45, 7) is 6.28. The Morgan fingerprint density at radius 2 is 2.04 bits per heavy atom. The van der Waals surface area contributed by atoms with Crippen molar-refractivity contribution >= 4 is 35.8 Å². The molecule has 0 aromatic heterocycles. The van der Waals surface area contributed by atoms with Gasteiger partial charge in [-0.2, -0.15) is 0 Å². The molecule has 0 aliphatic carbocycles. The Kier molecular flexibility index (Phi) is 9.13. The Hall–Kier alpha value is -0.870. The van der Waals surface area contributed by atoms with Gasteiger partial charge in [-0.15, -0.1) is 24.0 Å². The van der Waals surface area contributed by atoms with Crippen LogP contribution >= 0.6 is 24.0 Å². The third-order valence-electron chi connectivity index (χ3n) is 5.09. The molecule has 7 nitrogen and oxygen atoms in total. The lowest BCUT2D eigenvalue weighted by atomic mass is 10.1. The summed E-state index contributed by atoms with van der Waals surface area (Å²) in [5.41, 5.74) is 1.46. The van der Waals surface area contributed by atoms with E-state index < -0.39 is 0 Å². The van der Waals surface area contributed by atoms with E-state index in [1.165, 1.54) is 5.57 Å². The number of nitrogens with one attached hydrogen (secondary N) is 1. The van der Waals surface area contributed by atoms with Crippen LogP contribution in [0.3, 0.4) is 0 Å². The maximum absolute atomic E-state index is 12.4. The summed E-state index contributed by atoms with van der Waals surface area (Å²) in [5, 5.41) is 3.45. The van der Waals surface area contributed by atoms with Crippen LogP contribution in [0.5, 0.6) is 0 Å². The Balaban J connectivity index is 0.00000243. The summed E-state index contributed by atoms with van der Waals surface area (Å²) in [6, 6.07) is 0. The minimum absolute atomic E-state index is 0. The molecule has 2 fully saturated rings. The molecule has 8 heteroatoms. The number of amides is 1. The monoisotopic (exact) mass is 478 g/mol. The Bertz CT molecular complexity index is 513. The molecule has 0 aromatic carbocycles. The molecule has 3 rings (SSSR count). The molecule has 0 saturated carbocycles. The number of halogens is 1. The lowest BCUT2D eigenvalue weighted by Crippen LogP contribution is -2.55. The smallest absolute Gasteiger partial charge is 0.251 e. The lowest BCUT2D eigenvalue weighted by Gasteiger charge is -2.37. The van der Waals surface area contributed by atoms with E-state index in [1.807, 2.05) is 11.9 Å². The van der Waals surface area contributed by atoms with Crippen LogP contribution in [0.25, 0.3) is 0 Å². The van der Waals surface area contributed by atoms with Crippen molar-refractivity contribution in [3.8, 4) is 0 Å². The molecule has 0 spiro atoms. The molecule has 0 aromatic rings. The number of rotatable bonds is 4. The van der Waals surface area contributed by atoms with Crippen molar-refractivity contribution in [3.63, 3.8) is 0 Å². The molecule has 1 amide bonds. The van der Waals surface area contributed by atoms with Gasteiger partial charge in [-0.1, -0.05) is 11.6 Å². The molecule has 3 aliphatic rings. The van der Waals surface area contributed by atoms with Crippen LogP contribution in [0, 0.1) is 0 Å². The normalized spacial score (nSPS) is 24.1. The second-order valence-electron chi connectivity index (χ2n) is 6.73. The SMILES string of the molecule is CN=C(NCCC1=CCOCC1)N1CCN(C(=O)C2CCCO2)CC1.I. The fourth-order valence-electron chi connectivity index (χ4n) is 3.57. The third kappa shape index (κ3) is 5.82. The molecule has 148 valence electrons. The number of guanidine groups is 1. The Morgan fingerprint density at radius 3 is 2.65 bits per heavy atom. The van der Waals surface area contributed by atoms with Crippen molar-refractivity contribution in [1.29, 1.82) is 0 Å². The molecule has 26 heavy (non-hydrogen) atoms. The molecule has 1 atom stereocenters. The number of aliphatic imine (C=N–C) groups is 1. The van der Waals surface area contributed by atoms with Gasteiger partial charge in [-0.05, 0) is 25.7 Å². The highest BCUT2D eigenvalue weighted by Gasteiger charge is 2.30. The van der Waals surface area contributed by atoms with Gasteiger partial charge in [0.1, 0.15) is 6.10 Å². The van der Waals surface area contributed by atoms with Crippen molar-refractivity contribution in [2.24, 2.45) is 4.99 Å². The topological polar surface area (TPSA) is 66.4 Å². The number of carbonyl (C=O) groups is 1. The molecule has 1 N–H and O–H groups in total. The predicted octanol–water partition coefficient (Wildman–Crippen LogP) is 1.24. The molecule has 0 bridgehead atoms. The van der Waals surface area contributed by atoms with Crippen LogP contribution in [0.1, 0.15) is 25.7 Å². The van der Waals surface area contributed by atoms with Crippen molar-refractivity contribution in [1.82, 2.24) is 15.1 Å². The fourth-order valence-corrected chi connectivity index (χ4v) is 3.57. The van der Waals surface area contributed by atoms with Gasteiger partial charge in [-0.3, -0.25) is 9.79 Å². The second kappa shape index (κ2) is 11.1. The van der Waals surface area contributed by atoms with Gasteiger partial charge in [0.2, 0.25) is 0 Å². The summed E-state index contributed by atoms with van der Waals surface area (Å²) < 4.78 is 10.9. The van der Waals surface area contributed by atoms with Crippen LogP contribution in [0.15, 0.2) is 16.6 Å². The molecule has 2 saturated heterocycles. The van der Waals surface area contributed by atoms with Gasteiger partial charge in [-0.25, -0.2) is 0 Å². The van der Waals surface area contributed by atoms with E-state index in [0.29, 0.717) is 0 Å². The first kappa shape index (κ1) is 21.4. The highest BCUT2D eigenvalue weighted by atomic mass is 127. The number of carbonyl (C=O) groups excluding carboxylic acids is 1. The molecular formula is C18H31IN4O3. The van der Waals surface area contributed by atoms with Crippen LogP contribution in [0.4, 0.5) is 0 Å². The second-order valence-corrected chi connectivity index (χ2v) is 6.73. The number of ether oxygens (including phenoxy) is 2. The fraction of sp³-hybridized carbons (Fsp3) is 0.778. The first-order valence-corrected chi connectivity index (χ1v) is 9.39. The van der Waals surface area contributed by atoms with E-state index in [-0.39, 0.29) is 36.0 Å². The standard InChI is InChI=1S/C18H30N4O3.HI/c1-19-18(20-7-4-15-5-13-24-14-6-15)22-10-8-21(9-11-22)17(23)16-3-2-12-25-16;/h5,16H,2-4,6-14H2,1H3,(H,19,20);1H. The van der Waals surface area contributed by atoms with E-state index in [0.717, 1.165) is 84.2 Å². The predicted molar refractivity (Wildman–Crippen MR) is 112 cm³/mol. The van der Waals surface area contributed by atoms with Crippen LogP contribution in [-0.4, -0.2) is 87.4 Å². The van der Waals surface area contributed by atoms with E-state index in [2.05, 4.69) is 21.3 Å². The van der Waals surface area contributed by atoms with Crippen LogP contribution in [-0.2, 0) is 14.3 Å². The quantitative estimate of drug-likeness (QED) is 0.285. The Labute approximate surface area is 173 Å². The van der Waals surface area contributed by atoms with Gasteiger partial charge in [0, 0.05) is 46.4 Å². The number of hydrogen-bond donors (Lipinski definition) is 1. The largest absolute Gasteiger partial charge is 0.377 e. The highest BCUT2D eigenvalue weighted by molar-refractivity contribution is 14.0. The minimum Gasteiger partial charge on any atom is -0.377 e. The minimum atomic E-state index is -0.211. The molecule has 3 heterocycles. The van der Waals surface area contributed by atoms with Crippen molar-refractivity contribution in [2.45, 2.75) is 31.8 Å². The number of piperazine rings is 1. The summed E-state index contributed by atoms with van der Waals surface area (Å²) in [6.07, 6.45) is 5.89. The highest BCUT2D eigenvalue weighted by Crippen LogP contribution is 2.16. The Morgan fingerprint density at radius 1 is 1.27 bits per heavy atom. The van der Waals surface area contributed by atoms with Crippen LogP contribution < -0.4 is 5.32 Å². The third-order valence-corrected chi connectivity index (χ3v) is 5.09. The maximum atomic E-state index is 12.4. The van der Waals surface area contributed by atoms with Crippen molar-refractivity contribution in [3.05, 3.63) is 11.6 Å². The summed E-state index contributed by atoms with van der Waals surface area (Å²) in [4.78, 5) is 21.0. The lowest BCUT2D eigenvalue weighted by molar-refractivity contribution is -0.142. The maximum Gasteiger partial charge on any atom is 0.251 e. The molecule has 3 aliphatic heterocycles. The summed E-state index contributed by atoms with van der Waals surface area (Å²) >= 11 is 0. The van der Waals surface area contributed by atoms with E-state index in [4.69, 9.17) is 9.47 Å². The average molecular weight is 478 g/mol. The van der Waals surface area contributed by atoms with E-state index in [1.54, 1.807) is 0 Å². The van der Waals surface area contributed by atoms with Gasteiger partial charge in [0.15, 0.2) is 5.96 Å². The zero-order valence-electron chi connectivity index (χ0n) is 15.6. The number of hydrogen-bond acceptors (Lipinski definition) is 4. The van der Waals surface area contributed by atoms with E-state index >= 15 is 0 Å². The molecular weight excluding hydrogens is 447 g/mol. The summed E-state index contributed by atoms with van der Waals surface area (Å²) in [5.74, 6) is 1.09. The van der Waals surface area contributed by atoms with Gasteiger partial charge in [0.25, 0.3) is 5.91 Å². The van der Waals surface area contributed by atoms with Crippen LogP contribution in [0.2, 0.25) is 0 Å². The zero-order chi connectivity index (χ0) is 17.5. The first-order valence-electron chi connectivity index (χ1n) is 9.39. The summed E-state index contributed by atoms with van der Waals surface area (Å²) in [7, 11) is 1.82.